The van der Waals surface area contributed by atoms with Gasteiger partial charge >= 0.3 is 0 Å². The van der Waals surface area contributed by atoms with Gasteiger partial charge in [-0.05, 0) is 37.0 Å². The molecule has 106 valence electrons. The van der Waals surface area contributed by atoms with Crippen LogP contribution < -0.4 is 4.74 Å². The van der Waals surface area contributed by atoms with E-state index in [4.69, 9.17) is 21.6 Å². The number of rotatable bonds is 4. The number of ether oxygens (including phenoxy) is 1. The van der Waals surface area contributed by atoms with Crippen LogP contribution in [-0.4, -0.2) is 6.10 Å². The van der Waals surface area contributed by atoms with E-state index in [1.807, 2.05) is 12.1 Å². The fraction of sp³-hybridized carbons (Fsp3) is 0.278. The minimum atomic E-state index is 0.176. The summed E-state index contributed by atoms with van der Waals surface area (Å²) in [6.07, 6.45) is 4.13. The molecule has 0 saturated heterocycles. The Bertz CT molecular complexity index is 676. The molecule has 0 radical (unpaired) electrons. The van der Waals surface area contributed by atoms with Crippen molar-refractivity contribution in [2.24, 2.45) is 0 Å². The van der Waals surface area contributed by atoms with Gasteiger partial charge in [0.25, 0.3) is 0 Å². The molecule has 2 aromatic carbocycles. The van der Waals surface area contributed by atoms with E-state index >= 15 is 0 Å². The number of hydrogen-bond donors (Lipinski definition) is 0. The molecule has 1 aliphatic rings. The summed E-state index contributed by atoms with van der Waals surface area (Å²) in [7, 11) is 0. The molecule has 0 bridgehead atoms. The molecule has 0 aromatic heterocycles. The summed E-state index contributed by atoms with van der Waals surface area (Å²) in [5.41, 5.74) is 2.88. The SMILES string of the molecule is N#Cc1ccc2c(c1Cl)CC(CCCc1ccccc1)O2. The normalized spacial score (nSPS) is 16.1. The van der Waals surface area contributed by atoms with Gasteiger partial charge in [-0.15, -0.1) is 0 Å². The number of hydrogen-bond acceptors (Lipinski definition) is 2. The molecule has 1 heterocycles. The number of aryl methyl sites for hydroxylation is 1. The van der Waals surface area contributed by atoms with Crippen LogP contribution in [0.2, 0.25) is 5.02 Å². The van der Waals surface area contributed by atoms with Crippen molar-refractivity contribution >= 4 is 11.6 Å². The maximum Gasteiger partial charge on any atom is 0.124 e. The van der Waals surface area contributed by atoms with Gasteiger partial charge < -0.3 is 4.74 Å². The maximum absolute atomic E-state index is 9.01. The average molecular weight is 298 g/mol. The Labute approximate surface area is 129 Å². The highest BCUT2D eigenvalue weighted by molar-refractivity contribution is 6.32. The molecule has 21 heavy (non-hydrogen) atoms. The Morgan fingerprint density at radius 2 is 2.00 bits per heavy atom. The fourth-order valence-electron chi connectivity index (χ4n) is 2.78. The standard InChI is InChI=1S/C18H16ClNO/c19-18-14(12-20)9-10-17-16(18)11-15(21-17)8-4-7-13-5-2-1-3-6-13/h1-3,5-6,9-10,15H,4,7-8,11H2. The lowest BCUT2D eigenvalue weighted by Crippen LogP contribution is -2.12. The Kier molecular flexibility index (Phi) is 4.13. The van der Waals surface area contributed by atoms with Crippen molar-refractivity contribution in [3.8, 4) is 11.8 Å². The third-order valence-electron chi connectivity index (χ3n) is 3.88. The zero-order valence-corrected chi connectivity index (χ0v) is 12.4. The van der Waals surface area contributed by atoms with Crippen molar-refractivity contribution in [1.82, 2.24) is 0 Å². The topological polar surface area (TPSA) is 33.0 Å². The van der Waals surface area contributed by atoms with Gasteiger partial charge in [0.15, 0.2) is 0 Å². The number of halogens is 1. The van der Waals surface area contributed by atoms with Gasteiger partial charge in [-0.25, -0.2) is 0 Å². The zero-order chi connectivity index (χ0) is 14.7. The minimum absolute atomic E-state index is 0.176. The summed E-state index contributed by atoms with van der Waals surface area (Å²) in [4.78, 5) is 0. The van der Waals surface area contributed by atoms with E-state index in [9.17, 15) is 0 Å². The van der Waals surface area contributed by atoms with E-state index < -0.39 is 0 Å². The molecule has 2 nitrogen and oxygen atoms in total. The third kappa shape index (κ3) is 3.04. The van der Waals surface area contributed by atoms with E-state index in [0.717, 1.165) is 37.0 Å². The molecule has 0 amide bonds. The lowest BCUT2D eigenvalue weighted by Gasteiger charge is -2.10. The zero-order valence-electron chi connectivity index (χ0n) is 11.7. The van der Waals surface area contributed by atoms with Crippen LogP contribution in [0.15, 0.2) is 42.5 Å². The monoisotopic (exact) mass is 297 g/mol. The molecule has 2 aromatic rings. The number of nitriles is 1. The lowest BCUT2D eigenvalue weighted by atomic mass is 10.0. The van der Waals surface area contributed by atoms with Crippen LogP contribution in [0.3, 0.4) is 0 Å². The minimum Gasteiger partial charge on any atom is -0.490 e. The summed E-state index contributed by atoms with van der Waals surface area (Å²) in [5, 5.41) is 9.56. The number of benzene rings is 2. The van der Waals surface area contributed by atoms with Crippen LogP contribution in [0.4, 0.5) is 0 Å². The summed E-state index contributed by atoms with van der Waals surface area (Å²) in [6.45, 7) is 0. The van der Waals surface area contributed by atoms with E-state index in [1.165, 1.54) is 5.56 Å². The molecule has 0 fully saturated rings. The van der Waals surface area contributed by atoms with E-state index in [0.29, 0.717) is 10.6 Å². The molecule has 0 aliphatic carbocycles. The summed E-state index contributed by atoms with van der Waals surface area (Å²) < 4.78 is 5.93. The van der Waals surface area contributed by atoms with Crippen molar-refractivity contribution < 1.29 is 4.74 Å². The summed E-state index contributed by atoms with van der Waals surface area (Å²) in [6, 6.07) is 16.2. The van der Waals surface area contributed by atoms with Crippen molar-refractivity contribution in [3.63, 3.8) is 0 Å². The van der Waals surface area contributed by atoms with Crippen LogP contribution in [0, 0.1) is 11.3 Å². The van der Waals surface area contributed by atoms with Crippen molar-refractivity contribution in [1.29, 1.82) is 5.26 Å². The fourth-order valence-corrected chi connectivity index (χ4v) is 3.05. The van der Waals surface area contributed by atoms with E-state index in [2.05, 4.69) is 30.3 Å². The van der Waals surface area contributed by atoms with Gasteiger partial charge in [0.1, 0.15) is 17.9 Å². The molecule has 1 atom stereocenters. The predicted molar refractivity (Wildman–Crippen MR) is 83.7 cm³/mol. The van der Waals surface area contributed by atoms with Gasteiger partial charge in [-0.3, -0.25) is 0 Å². The quantitative estimate of drug-likeness (QED) is 0.830. The van der Waals surface area contributed by atoms with Crippen LogP contribution in [-0.2, 0) is 12.8 Å². The largest absolute Gasteiger partial charge is 0.490 e. The van der Waals surface area contributed by atoms with Gasteiger partial charge in [-0.2, -0.15) is 5.26 Å². The molecular weight excluding hydrogens is 282 g/mol. The van der Waals surface area contributed by atoms with Crippen LogP contribution in [0.1, 0.15) is 29.5 Å². The number of fused-ring (bicyclic) bond motifs is 1. The Morgan fingerprint density at radius 3 is 2.76 bits per heavy atom. The first-order chi connectivity index (χ1) is 10.3. The first-order valence-corrected chi connectivity index (χ1v) is 7.58. The Balaban J connectivity index is 1.58. The highest BCUT2D eigenvalue weighted by Crippen LogP contribution is 2.37. The third-order valence-corrected chi connectivity index (χ3v) is 4.31. The molecule has 3 rings (SSSR count). The molecule has 1 unspecified atom stereocenters. The van der Waals surface area contributed by atoms with Gasteiger partial charge in [-0.1, -0.05) is 41.9 Å². The van der Waals surface area contributed by atoms with Gasteiger partial charge in [0.2, 0.25) is 0 Å². The number of nitrogens with zero attached hydrogens (tertiary/aromatic N) is 1. The smallest absolute Gasteiger partial charge is 0.124 e. The second kappa shape index (κ2) is 6.20. The molecule has 1 aliphatic heterocycles. The van der Waals surface area contributed by atoms with E-state index in [1.54, 1.807) is 6.07 Å². The summed E-state index contributed by atoms with van der Waals surface area (Å²) in [5.74, 6) is 0.837. The first kappa shape index (κ1) is 14.0. The second-order valence-electron chi connectivity index (χ2n) is 5.34. The van der Waals surface area contributed by atoms with Crippen LogP contribution >= 0.6 is 11.6 Å². The first-order valence-electron chi connectivity index (χ1n) is 7.20. The van der Waals surface area contributed by atoms with Gasteiger partial charge in [0.05, 0.1) is 10.6 Å². The highest BCUT2D eigenvalue weighted by atomic mass is 35.5. The second-order valence-corrected chi connectivity index (χ2v) is 5.72. The van der Waals surface area contributed by atoms with Crippen LogP contribution in [0.25, 0.3) is 0 Å². The van der Waals surface area contributed by atoms with Crippen molar-refractivity contribution in [2.45, 2.75) is 31.8 Å². The van der Waals surface area contributed by atoms with E-state index in [-0.39, 0.29) is 6.10 Å². The lowest BCUT2D eigenvalue weighted by molar-refractivity contribution is 0.218. The Hall–Kier alpha value is -1.98. The molecule has 0 spiro atoms. The molecule has 0 N–H and O–H groups in total. The molecule has 3 heteroatoms. The average Bonchev–Trinajstić information content (AvgIpc) is 2.93. The van der Waals surface area contributed by atoms with Gasteiger partial charge in [0, 0.05) is 12.0 Å². The molecule has 0 saturated carbocycles. The summed E-state index contributed by atoms with van der Waals surface area (Å²) >= 11 is 6.25. The molecular formula is C18H16ClNO. The highest BCUT2D eigenvalue weighted by Gasteiger charge is 2.26. The van der Waals surface area contributed by atoms with Crippen LogP contribution in [0.5, 0.6) is 5.75 Å². The maximum atomic E-state index is 9.01. The predicted octanol–water partition coefficient (Wildman–Crippen LogP) is 4.54. The Morgan fingerprint density at radius 1 is 1.19 bits per heavy atom. The van der Waals surface area contributed by atoms with Crippen molar-refractivity contribution in [3.05, 3.63) is 64.2 Å². The van der Waals surface area contributed by atoms with Crippen molar-refractivity contribution in [2.75, 3.05) is 0 Å².